The number of benzene rings is 1. The molecule has 0 bridgehead atoms. The summed E-state index contributed by atoms with van der Waals surface area (Å²) in [5.41, 5.74) is 0.333. The number of hydrogen-bond acceptors (Lipinski definition) is 5. The summed E-state index contributed by atoms with van der Waals surface area (Å²) in [7, 11) is 1.65. The Hall–Kier alpha value is -2.25. The fourth-order valence-corrected chi connectivity index (χ4v) is 4.09. The van der Waals surface area contributed by atoms with Crippen molar-refractivity contribution in [1.29, 1.82) is 0 Å². The number of nitrogens with zero attached hydrogens (tertiary/aromatic N) is 4. The van der Waals surface area contributed by atoms with Crippen LogP contribution in [0.25, 0.3) is 11.4 Å². The van der Waals surface area contributed by atoms with Gasteiger partial charge in [0.2, 0.25) is 0 Å². The Bertz CT molecular complexity index is 782. The van der Waals surface area contributed by atoms with Gasteiger partial charge in [0.05, 0.1) is 12.6 Å². The number of methoxy groups -OCH3 is 1. The van der Waals surface area contributed by atoms with Gasteiger partial charge in [-0.1, -0.05) is 30.3 Å². The lowest BCUT2D eigenvalue weighted by molar-refractivity contribution is -0.160. The molecule has 2 aliphatic heterocycles. The lowest BCUT2D eigenvalue weighted by atomic mass is 9.90. The predicted molar refractivity (Wildman–Crippen MR) is 97.4 cm³/mol. The summed E-state index contributed by atoms with van der Waals surface area (Å²) in [6.07, 6.45) is 1.41. The molecule has 2 aliphatic rings. The molecule has 0 aliphatic carbocycles. The number of ether oxygens (including phenoxy) is 1. The van der Waals surface area contributed by atoms with E-state index in [2.05, 4.69) is 27.0 Å². The Morgan fingerprint density at radius 2 is 1.96 bits per heavy atom. The summed E-state index contributed by atoms with van der Waals surface area (Å²) in [6.45, 7) is 4.83. The molecule has 7 heteroatoms. The molecule has 4 rings (SSSR count). The van der Waals surface area contributed by atoms with Gasteiger partial charge in [0, 0.05) is 19.2 Å². The van der Waals surface area contributed by atoms with Gasteiger partial charge in [-0.25, -0.2) is 0 Å². The maximum absolute atomic E-state index is 13.3. The first kappa shape index (κ1) is 17.2. The van der Waals surface area contributed by atoms with Crippen LogP contribution in [0.5, 0.6) is 0 Å². The normalized spacial score (nSPS) is 22.1. The van der Waals surface area contributed by atoms with Crippen LogP contribution in [-0.4, -0.2) is 57.9 Å². The van der Waals surface area contributed by atoms with Gasteiger partial charge in [-0.2, -0.15) is 0 Å². The van der Waals surface area contributed by atoms with E-state index in [9.17, 15) is 4.79 Å². The first-order valence-corrected chi connectivity index (χ1v) is 9.19. The monoisotopic (exact) mass is 355 g/mol. The minimum absolute atomic E-state index is 0.0730. The molecule has 3 heterocycles. The molecular weight excluding hydrogens is 330 g/mol. The number of rotatable bonds is 3. The zero-order chi connectivity index (χ0) is 18.1. The van der Waals surface area contributed by atoms with Crippen LogP contribution in [0, 0.1) is 0 Å². The van der Waals surface area contributed by atoms with Gasteiger partial charge in [0.15, 0.2) is 11.6 Å². The zero-order valence-electron chi connectivity index (χ0n) is 15.3. The van der Waals surface area contributed by atoms with Crippen molar-refractivity contribution in [2.45, 2.75) is 38.0 Å². The minimum Gasteiger partial charge on any atom is -0.368 e. The third-order valence-electron chi connectivity index (χ3n) is 5.54. The van der Waals surface area contributed by atoms with Crippen LogP contribution in [0.2, 0.25) is 0 Å². The number of nitrogens with one attached hydrogen (secondary N) is 1. The molecule has 1 saturated heterocycles. The fourth-order valence-electron chi connectivity index (χ4n) is 4.09. The van der Waals surface area contributed by atoms with Crippen LogP contribution >= 0.6 is 0 Å². The summed E-state index contributed by atoms with van der Waals surface area (Å²) >= 11 is 0. The van der Waals surface area contributed by atoms with Crippen molar-refractivity contribution < 1.29 is 9.53 Å². The van der Waals surface area contributed by atoms with Crippen molar-refractivity contribution in [2.24, 2.45) is 0 Å². The van der Waals surface area contributed by atoms with E-state index in [0.29, 0.717) is 25.9 Å². The molecule has 1 aromatic heterocycles. The van der Waals surface area contributed by atoms with Crippen molar-refractivity contribution in [3.8, 4) is 11.4 Å². The number of piperidine rings is 1. The highest BCUT2D eigenvalue weighted by Gasteiger charge is 2.44. The van der Waals surface area contributed by atoms with Crippen molar-refractivity contribution >= 4 is 5.91 Å². The van der Waals surface area contributed by atoms with Crippen LogP contribution in [0.3, 0.4) is 0 Å². The van der Waals surface area contributed by atoms with Crippen LogP contribution in [0.4, 0.5) is 0 Å². The molecule has 26 heavy (non-hydrogen) atoms. The fraction of sp³-hybridized carbons (Fsp3) is 0.526. The van der Waals surface area contributed by atoms with Gasteiger partial charge >= 0.3 is 0 Å². The predicted octanol–water partition coefficient (Wildman–Crippen LogP) is 1.62. The molecule has 1 aromatic carbocycles. The van der Waals surface area contributed by atoms with E-state index in [4.69, 9.17) is 4.74 Å². The SMILES string of the molecule is COC1(C(=O)N2Cc3nnc(-c4ccccc4)n3[C@@H](C)C2)CCNCC1. The number of hydrogen-bond donors (Lipinski definition) is 1. The van der Waals surface area contributed by atoms with Gasteiger partial charge in [0.1, 0.15) is 5.60 Å². The Balaban J connectivity index is 1.61. The minimum atomic E-state index is -0.713. The van der Waals surface area contributed by atoms with Crippen molar-refractivity contribution in [1.82, 2.24) is 25.0 Å². The smallest absolute Gasteiger partial charge is 0.255 e. The highest BCUT2D eigenvalue weighted by molar-refractivity contribution is 5.85. The first-order chi connectivity index (χ1) is 12.6. The summed E-state index contributed by atoms with van der Waals surface area (Å²) in [4.78, 5) is 15.1. The summed E-state index contributed by atoms with van der Waals surface area (Å²) in [5, 5.41) is 12.1. The second-order valence-electron chi connectivity index (χ2n) is 7.16. The lowest BCUT2D eigenvalue weighted by Gasteiger charge is -2.41. The third-order valence-corrected chi connectivity index (χ3v) is 5.54. The van der Waals surface area contributed by atoms with Crippen LogP contribution in [-0.2, 0) is 16.1 Å². The van der Waals surface area contributed by atoms with E-state index < -0.39 is 5.60 Å². The number of fused-ring (bicyclic) bond motifs is 1. The number of carbonyl (C=O) groups is 1. The van der Waals surface area contributed by atoms with Gasteiger partial charge < -0.3 is 19.5 Å². The Labute approximate surface area is 153 Å². The van der Waals surface area contributed by atoms with Gasteiger partial charge in [-0.15, -0.1) is 10.2 Å². The molecule has 2 aromatic rings. The van der Waals surface area contributed by atoms with E-state index in [1.54, 1.807) is 7.11 Å². The topological polar surface area (TPSA) is 72.3 Å². The van der Waals surface area contributed by atoms with E-state index in [1.165, 1.54) is 0 Å². The lowest BCUT2D eigenvalue weighted by Crippen LogP contribution is -2.56. The maximum Gasteiger partial charge on any atom is 0.255 e. The Morgan fingerprint density at radius 1 is 1.23 bits per heavy atom. The average molecular weight is 355 g/mol. The third kappa shape index (κ3) is 2.81. The summed E-state index contributed by atoms with van der Waals surface area (Å²) < 4.78 is 7.87. The quantitative estimate of drug-likeness (QED) is 0.906. The number of aromatic nitrogens is 3. The summed E-state index contributed by atoms with van der Waals surface area (Å²) in [6, 6.07) is 10.2. The molecule has 0 saturated carbocycles. The highest BCUT2D eigenvalue weighted by Crippen LogP contribution is 2.31. The molecular formula is C19H25N5O2. The molecule has 1 N–H and O–H groups in total. The Morgan fingerprint density at radius 3 is 2.65 bits per heavy atom. The second-order valence-corrected chi connectivity index (χ2v) is 7.16. The van der Waals surface area contributed by atoms with E-state index >= 15 is 0 Å². The highest BCUT2D eigenvalue weighted by atomic mass is 16.5. The molecule has 0 radical (unpaired) electrons. The average Bonchev–Trinajstić information content (AvgIpc) is 3.13. The molecule has 7 nitrogen and oxygen atoms in total. The van der Waals surface area contributed by atoms with Crippen molar-refractivity contribution in [3.05, 3.63) is 36.2 Å². The van der Waals surface area contributed by atoms with Crippen LogP contribution in [0.15, 0.2) is 30.3 Å². The Kier molecular flexibility index (Phi) is 4.50. The number of carbonyl (C=O) groups excluding carboxylic acids is 1. The first-order valence-electron chi connectivity index (χ1n) is 9.19. The second kappa shape index (κ2) is 6.81. The van der Waals surface area contributed by atoms with E-state index in [-0.39, 0.29) is 11.9 Å². The molecule has 0 unspecified atom stereocenters. The van der Waals surface area contributed by atoms with Gasteiger partial charge in [0.25, 0.3) is 5.91 Å². The van der Waals surface area contributed by atoms with Crippen molar-refractivity contribution in [2.75, 3.05) is 26.7 Å². The largest absolute Gasteiger partial charge is 0.368 e. The molecule has 1 atom stereocenters. The summed E-state index contributed by atoms with van der Waals surface area (Å²) in [5.74, 6) is 1.77. The van der Waals surface area contributed by atoms with Gasteiger partial charge in [-0.05, 0) is 32.9 Å². The number of amides is 1. The van der Waals surface area contributed by atoms with Crippen LogP contribution in [0.1, 0.15) is 31.6 Å². The molecule has 0 spiro atoms. The van der Waals surface area contributed by atoms with Crippen molar-refractivity contribution in [3.63, 3.8) is 0 Å². The van der Waals surface area contributed by atoms with E-state index in [0.717, 1.165) is 30.3 Å². The molecule has 1 amide bonds. The molecule has 1 fully saturated rings. The maximum atomic E-state index is 13.3. The van der Waals surface area contributed by atoms with Gasteiger partial charge in [-0.3, -0.25) is 4.79 Å². The zero-order valence-corrected chi connectivity index (χ0v) is 15.3. The van der Waals surface area contributed by atoms with Crippen LogP contribution < -0.4 is 5.32 Å². The standard InChI is InChI=1S/C19H25N5O2/c1-14-12-23(18(25)19(26-2)8-10-20-11-9-19)13-16-21-22-17(24(14)16)15-6-4-3-5-7-15/h3-7,14,20H,8-13H2,1-2H3/t14-/m0/s1. The molecule has 138 valence electrons. The van der Waals surface area contributed by atoms with E-state index in [1.807, 2.05) is 35.2 Å².